The van der Waals surface area contributed by atoms with E-state index >= 15 is 0 Å². The van der Waals surface area contributed by atoms with Gasteiger partial charge in [0.25, 0.3) is 0 Å². The second-order valence-corrected chi connectivity index (χ2v) is 6.42. The summed E-state index contributed by atoms with van der Waals surface area (Å²) in [5.74, 6) is 2.07. The van der Waals surface area contributed by atoms with Crippen molar-refractivity contribution in [2.45, 2.75) is 38.5 Å². The molecule has 1 aromatic carbocycles. The van der Waals surface area contributed by atoms with Crippen LogP contribution in [-0.4, -0.2) is 11.1 Å². The van der Waals surface area contributed by atoms with Crippen LogP contribution < -0.4 is 0 Å². The molecule has 0 aliphatic heterocycles. The molecular formula is C14H21BrS. The van der Waals surface area contributed by atoms with Crippen molar-refractivity contribution in [1.29, 1.82) is 0 Å². The maximum absolute atomic E-state index is 3.50. The minimum atomic E-state index is 0.831. The SMILES string of the molecule is Cc1ccc(C)c(SCCC(C)CCBr)c1. The van der Waals surface area contributed by atoms with E-state index in [9.17, 15) is 0 Å². The van der Waals surface area contributed by atoms with Crippen molar-refractivity contribution in [2.24, 2.45) is 5.92 Å². The number of aryl methyl sites for hydroxylation is 2. The molecule has 16 heavy (non-hydrogen) atoms. The zero-order valence-corrected chi connectivity index (χ0v) is 12.8. The molecule has 1 atom stereocenters. The molecule has 1 unspecified atom stereocenters. The fourth-order valence-electron chi connectivity index (χ4n) is 1.56. The van der Waals surface area contributed by atoms with E-state index in [-0.39, 0.29) is 0 Å². The van der Waals surface area contributed by atoms with E-state index in [1.54, 1.807) is 0 Å². The van der Waals surface area contributed by atoms with Crippen LogP contribution in [0, 0.1) is 19.8 Å². The molecule has 0 saturated carbocycles. The van der Waals surface area contributed by atoms with Gasteiger partial charge in [0, 0.05) is 10.2 Å². The molecule has 0 aromatic heterocycles. The summed E-state index contributed by atoms with van der Waals surface area (Å²) in [7, 11) is 0. The molecule has 0 nitrogen and oxygen atoms in total. The lowest BCUT2D eigenvalue weighted by Gasteiger charge is -2.10. The van der Waals surface area contributed by atoms with Gasteiger partial charge in [-0.15, -0.1) is 11.8 Å². The fourth-order valence-corrected chi connectivity index (χ4v) is 3.65. The van der Waals surface area contributed by atoms with Crippen LogP contribution in [0.2, 0.25) is 0 Å². The lowest BCUT2D eigenvalue weighted by molar-refractivity contribution is 0.555. The molecule has 90 valence electrons. The van der Waals surface area contributed by atoms with Crippen molar-refractivity contribution >= 4 is 27.7 Å². The summed E-state index contributed by atoms with van der Waals surface area (Å²) in [5, 5.41) is 1.13. The van der Waals surface area contributed by atoms with Crippen LogP contribution in [-0.2, 0) is 0 Å². The second-order valence-electron chi connectivity index (χ2n) is 4.49. The van der Waals surface area contributed by atoms with E-state index in [0.717, 1.165) is 11.2 Å². The average molecular weight is 301 g/mol. The van der Waals surface area contributed by atoms with Crippen LogP contribution in [0.25, 0.3) is 0 Å². The van der Waals surface area contributed by atoms with Gasteiger partial charge >= 0.3 is 0 Å². The van der Waals surface area contributed by atoms with Gasteiger partial charge in [-0.3, -0.25) is 0 Å². The number of alkyl halides is 1. The normalized spacial score (nSPS) is 12.8. The lowest BCUT2D eigenvalue weighted by atomic mass is 10.1. The van der Waals surface area contributed by atoms with E-state index in [1.807, 2.05) is 11.8 Å². The van der Waals surface area contributed by atoms with Crippen molar-refractivity contribution < 1.29 is 0 Å². The van der Waals surface area contributed by atoms with E-state index in [0.29, 0.717) is 0 Å². The zero-order valence-electron chi connectivity index (χ0n) is 10.4. The third-order valence-electron chi connectivity index (χ3n) is 2.81. The summed E-state index contributed by atoms with van der Waals surface area (Å²) in [6.07, 6.45) is 2.59. The quantitative estimate of drug-likeness (QED) is 0.513. The third-order valence-corrected chi connectivity index (χ3v) is 4.46. The molecule has 2 heteroatoms. The second kappa shape index (κ2) is 7.39. The van der Waals surface area contributed by atoms with Gasteiger partial charge in [0.2, 0.25) is 0 Å². The Bertz CT molecular complexity index is 323. The molecule has 0 aliphatic carbocycles. The fraction of sp³-hybridized carbons (Fsp3) is 0.571. The minimum absolute atomic E-state index is 0.831. The van der Waals surface area contributed by atoms with Gasteiger partial charge in [0.05, 0.1) is 0 Å². The zero-order chi connectivity index (χ0) is 12.0. The Balaban J connectivity index is 2.39. The van der Waals surface area contributed by atoms with Gasteiger partial charge in [0.1, 0.15) is 0 Å². The minimum Gasteiger partial charge on any atom is -0.126 e. The highest BCUT2D eigenvalue weighted by Crippen LogP contribution is 2.25. The average Bonchev–Trinajstić information content (AvgIpc) is 2.23. The Morgan fingerprint density at radius 3 is 2.69 bits per heavy atom. The first-order valence-electron chi connectivity index (χ1n) is 5.89. The molecular weight excluding hydrogens is 280 g/mol. The van der Waals surface area contributed by atoms with E-state index in [1.165, 1.54) is 34.6 Å². The Morgan fingerprint density at radius 2 is 2.00 bits per heavy atom. The highest BCUT2D eigenvalue weighted by atomic mass is 79.9. The van der Waals surface area contributed by atoms with Crippen LogP contribution in [0.15, 0.2) is 23.1 Å². The Hall–Kier alpha value is 0.0500. The molecule has 0 spiro atoms. The van der Waals surface area contributed by atoms with E-state index in [2.05, 4.69) is 54.9 Å². The molecule has 1 rings (SSSR count). The third kappa shape index (κ3) is 4.92. The molecule has 0 aliphatic rings. The highest BCUT2D eigenvalue weighted by Gasteiger charge is 2.03. The summed E-state index contributed by atoms with van der Waals surface area (Å²) >= 11 is 5.50. The van der Waals surface area contributed by atoms with Crippen LogP contribution in [0.4, 0.5) is 0 Å². The first-order valence-corrected chi connectivity index (χ1v) is 8.00. The number of hydrogen-bond acceptors (Lipinski definition) is 1. The van der Waals surface area contributed by atoms with Gasteiger partial charge in [-0.05, 0) is 50.0 Å². The van der Waals surface area contributed by atoms with Crippen molar-refractivity contribution in [3.8, 4) is 0 Å². The highest BCUT2D eigenvalue weighted by molar-refractivity contribution is 9.09. The number of halogens is 1. The van der Waals surface area contributed by atoms with Gasteiger partial charge in [-0.2, -0.15) is 0 Å². The number of benzene rings is 1. The van der Waals surface area contributed by atoms with Crippen molar-refractivity contribution in [3.05, 3.63) is 29.3 Å². The largest absolute Gasteiger partial charge is 0.126 e. The molecule has 0 radical (unpaired) electrons. The van der Waals surface area contributed by atoms with Gasteiger partial charge in [0.15, 0.2) is 0 Å². The summed E-state index contributed by atoms with van der Waals surface area (Å²) in [6, 6.07) is 6.71. The van der Waals surface area contributed by atoms with Gasteiger partial charge in [-0.25, -0.2) is 0 Å². The van der Waals surface area contributed by atoms with E-state index in [4.69, 9.17) is 0 Å². The van der Waals surface area contributed by atoms with Crippen LogP contribution in [0.1, 0.15) is 30.9 Å². The maximum Gasteiger partial charge on any atom is 0.0104 e. The molecule has 0 heterocycles. The monoisotopic (exact) mass is 300 g/mol. The predicted molar refractivity (Wildman–Crippen MR) is 78.8 cm³/mol. The molecule has 0 saturated heterocycles. The van der Waals surface area contributed by atoms with E-state index < -0.39 is 0 Å². The van der Waals surface area contributed by atoms with Crippen molar-refractivity contribution in [2.75, 3.05) is 11.1 Å². The van der Waals surface area contributed by atoms with Gasteiger partial charge < -0.3 is 0 Å². The van der Waals surface area contributed by atoms with Crippen LogP contribution in [0.3, 0.4) is 0 Å². The van der Waals surface area contributed by atoms with Gasteiger partial charge in [-0.1, -0.05) is 40.5 Å². The summed E-state index contributed by atoms with van der Waals surface area (Å²) < 4.78 is 0. The van der Waals surface area contributed by atoms with Crippen molar-refractivity contribution in [1.82, 2.24) is 0 Å². The summed E-state index contributed by atoms with van der Waals surface area (Å²) in [4.78, 5) is 1.45. The standard InChI is InChI=1S/C14H21BrS/c1-11(6-8-15)7-9-16-14-10-12(2)4-5-13(14)3/h4-5,10-11H,6-9H2,1-3H3. The predicted octanol–water partition coefficient (Wildman–Crippen LogP) is 5.21. The topological polar surface area (TPSA) is 0 Å². The molecule has 0 fully saturated rings. The Labute approximate surface area is 112 Å². The summed E-state index contributed by atoms with van der Waals surface area (Å²) in [5.41, 5.74) is 2.77. The first kappa shape index (κ1) is 14.1. The molecule has 0 N–H and O–H groups in total. The van der Waals surface area contributed by atoms with Crippen LogP contribution >= 0.6 is 27.7 Å². The smallest absolute Gasteiger partial charge is 0.0104 e. The lowest BCUT2D eigenvalue weighted by Crippen LogP contribution is -1.97. The Morgan fingerprint density at radius 1 is 1.25 bits per heavy atom. The summed E-state index contributed by atoms with van der Waals surface area (Å²) in [6.45, 7) is 6.70. The molecule has 0 bridgehead atoms. The Kier molecular flexibility index (Phi) is 6.52. The number of thioether (sulfide) groups is 1. The molecule has 1 aromatic rings. The molecule has 0 amide bonds. The number of rotatable bonds is 6. The first-order chi connectivity index (χ1) is 7.63. The maximum atomic E-state index is 3.50. The van der Waals surface area contributed by atoms with Crippen molar-refractivity contribution in [3.63, 3.8) is 0 Å². The number of hydrogen-bond donors (Lipinski definition) is 0. The van der Waals surface area contributed by atoms with Crippen LogP contribution in [0.5, 0.6) is 0 Å².